The van der Waals surface area contributed by atoms with Crippen molar-refractivity contribution in [2.45, 2.75) is 26.3 Å². The molecular formula is C17H18N2O. The van der Waals surface area contributed by atoms with Gasteiger partial charge in [0, 0.05) is 5.57 Å². The van der Waals surface area contributed by atoms with Crippen LogP contribution in [0.1, 0.15) is 25.0 Å². The van der Waals surface area contributed by atoms with E-state index in [1.807, 2.05) is 32.1 Å². The van der Waals surface area contributed by atoms with Gasteiger partial charge in [-0.25, -0.2) is 5.43 Å². The second-order valence-electron chi connectivity index (χ2n) is 5.78. The normalized spacial score (nSPS) is 19.6. The average molecular weight is 266 g/mol. The number of carbonyl (C=O) groups is 1. The number of benzene rings is 2. The van der Waals surface area contributed by atoms with Crippen LogP contribution in [0, 0.1) is 6.92 Å². The third-order valence-corrected chi connectivity index (χ3v) is 3.88. The highest BCUT2D eigenvalue weighted by molar-refractivity contribution is 6.04. The van der Waals surface area contributed by atoms with E-state index in [4.69, 9.17) is 0 Å². The van der Waals surface area contributed by atoms with Crippen molar-refractivity contribution in [2.24, 2.45) is 0 Å². The predicted molar refractivity (Wildman–Crippen MR) is 82.0 cm³/mol. The first kappa shape index (κ1) is 12.9. The topological polar surface area (TPSA) is 41.1 Å². The minimum atomic E-state index is -0.361. The molecule has 0 atom stereocenters. The van der Waals surface area contributed by atoms with Crippen molar-refractivity contribution >= 4 is 22.8 Å². The first-order valence-corrected chi connectivity index (χ1v) is 6.77. The largest absolute Gasteiger partial charge is 0.287 e. The lowest BCUT2D eigenvalue weighted by Gasteiger charge is -2.17. The van der Waals surface area contributed by atoms with Gasteiger partial charge in [0.05, 0.1) is 5.54 Å². The third-order valence-electron chi connectivity index (χ3n) is 3.88. The molecule has 0 aromatic heterocycles. The van der Waals surface area contributed by atoms with Crippen LogP contribution in [0.15, 0.2) is 42.0 Å². The van der Waals surface area contributed by atoms with E-state index in [1.54, 1.807) is 0 Å². The Hall–Kier alpha value is -2.13. The molecule has 3 rings (SSSR count). The van der Waals surface area contributed by atoms with Gasteiger partial charge in [-0.15, -0.1) is 0 Å². The maximum Gasteiger partial charge on any atom is 0.263 e. The standard InChI is InChI=1S/C17H18N2O/c1-11-8-9-12-6-4-5-7-13(12)14(11)10-15-16(20)18-19-17(15,2)3/h4-10,19H,1-3H3,(H,18,20)/b15-10+. The SMILES string of the molecule is Cc1ccc2ccccc2c1/C=C1\C(=O)NNC1(C)C. The summed E-state index contributed by atoms with van der Waals surface area (Å²) in [6, 6.07) is 12.5. The summed E-state index contributed by atoms with van der Waals surface area (Å²) in [5, 5.41) is 2.37. The fourth-order valence-corrected chi connectivity index (χ4v) is 2.62. The van der Waals surface area contributed by atoms with Crippen LogP contribution in [0.5, 0.6) is 0 Å². The number of rotatable bonds is 1. The molecule has 0 radical (unpaired) electrons. The molecule has 3 nitrogen and oxygen atoms in total. The van der Waals surface area contributed by atoms with E-state index < -0.39 is 0 Å². The Bertz CT molecular complexity index is 729. The second-order valence-corrected chi connectivity index (χ2v) is 5.78. The molecule has 3 heteroatoms. The van der Waals surface area contributed by atoms with Crippen molar-refractivity contribution < 1.29 is 4.79 Å². The van der Waals surface area contributed by atoms with Gasteiger partial charge in [0.2, 0.25) is 0 Å². The zero-order valence-corrected chi connectivity index (χ0v) is 11.9. The quantitative estimate of drug-likeness (QED) is 0.779. The molecule has 102 valence electrons. The van der Waals surface area contributed by atoms with Crippen LogP contribution in [0.25, 0.3) is 16.8 Å². The van der Waals surface area contributed by atoms with Crippen molar-refractivity contribution in [3.8, 4) is 0 Å². The number of hydrogen-bond donors (Lipinski definition) is 2. The Balaban J connectivity index is 2.25. The molecule has 1 aliphatic heterocycles. The molecule has 0 aliphatic carbocycles. The molecule has 1 amide bonds. The minimum Gasteiger partial charge on any atom is -0.287 e. The Morgan fingerprint density at radius 1 is 1.10 bits per heavy atom. The monoisotopic (exact) mass is 266 g/mol. The number of fused-ring (bicyclic) bond motifs is 1. The number of amides is 1. The summed E-state index contributed by atoms with van der Waals surface area (Å²) in [5.74, 6) is -0.0534. The van der Waals surface area contributed by atoms with Crippen LogP contribution in [-0.2, 0) is 4.79 Å². The van der Waals surface area contributed by atoms with Crippen LogP contribution >= 0.6 is 0 Å². The first-order valence-electron chi connectivity index (χ1n) is 6.77. The van der Waals surface area contributed by atoms with Crippen LogP contribution < -0.4 is 10.9 Å². The molecular weight excluding hydrogens is 248 g/mol. The van der Waals surface area contributed by atoms with Crippen LogP contribution in [0.2, 0.25) is 0 Å². The van der Waals surface area contributed by atoms with E-state index in [2.05, 4.69) is 42.0 Å². The average Bonchev–Trinajstić information content (AvgIpc) is 2.68. The van der Waals surface area contributed by atoms with E-state index in [0.29, 0.717) is 0 Å². The zero-order chi connectivity index (χ0) is 14.3. The molecule has 20 heavy (non-hydrogen) atoms. The van der Waals surface area contributed by atoms with Gasteiger partial charge in [0.15, 0.2) is 0 Å². The number of carbonyl (C=O) groups excluding carboxylic acids is 1. The van der Waals surface area contributed by atoms with Gasteiger partial charge in [-0.1, -0.05) is 36.4 Å². The van der Waals surface area contributed by atoms with E-state index in [9.17, 15) is 4.79 Å². The first-order chi connectivity index (χ1) is 9.49. The molecule has 0 saturated carbocycles. The summed E-state index contributed by atoms with van der Waals surface area (Å²) >= 11 is 0. The van der Waals surface area contributed by atoms with Crippen molar-refractivity contribution in [3.63, 3.8) is 0 Å². The van der Waals surface area contributed by atoms with Gasteiger partial charge in [-0.3, -0.25) is 10.2 Å². The molecule has 1 aliphatic rings. The lowest BCUT2D eigenvalue weighted by atomic mass is 9.91. The van der Waals surface area contributed by atoms with Gasteiger partial charge < -0.3 is 0 Å². The van der Waals surface area contributed by atoms with E-state index in [-0.39, 0.29) is 11.4 Å². The van der Waals surface area contributed by atoms with E-state index in [0.717, 1.165) is 11.1 Å². The summed E-state index contributed by atoms with van der Waals surface area (Å²) in [4.78, 5) is 12.0. The number of hydrazine groups is 1. The highest BCUT2D eigenvalue weighted by Gasteiger charge is 2.35. The van der Waals surface area contributed by atoms with E-state index >= 15 is 0 Å². The lowest BCUT2D eigenvalue weighted by Crippen LogP contribution is -2.38. The molecule has 0 unspecified atom stereocenters. The van der Waals surface area contributed by atoms with Crippen molar-refractivity contribution in [2.75, 3.05) is 0 Å². The van der Waals surface area contributed by atoms with Crippen molar-refractivity contribution in [3.05, 3.63) is 53.1 Å². The van der Waals surface area contributed by atoms with Gasteiger partial charge in [0.1, 0.15) is 0 Å². The fraction of sp³-hybridized carbons (Fsp3) is 0.235. The van der Waals surface area contributed by atoms with Crippen LogP contribution in [0.4, 0.5) is 0 Å². The zero-order valence-electron chi connectivity index (χ0n) is 11.9. The summed E-state index contributed by atoms with van der Waals surface area (Å²) in [6.07, 6.45) is 2.01. The summed E-state index contributed by atoms with van der Waals surface area (Å²) in [6.45, 7) is 6.07. The smallest absolute Gasteiger partial charge is 0.263 e. The summed E-state index contributed by atoms with van der Waals surface area (Å²) in [7, 11) is 0. The Morgan fingerprint density at radius 2 is 1.85 bits per heavy atom. The summed E-state index contributed by atoms with van der Waals surface area (Å²) < 4.78 is 0. The van der Waals surface area contributed by atoms with Crippen LogP contribution in [-0.4, -0.2) is 11.4 Å². The molecule has 1 fully saturated rings. The molecule has 2 aromatic rings. The molecule has 2 N–H and O–H groups in total. The molecule has 2 aromatic carbocycles. The highest BCUT2D eigenvalue weighted by Crippen LogP contribution is 2.28. The fourth-order valence-electron chi connectivity index (χ4n) is 2.62. The van der Waals surface area contributed by atoms with Crippen molar-refractivity contribution in [1.82, 2.24) is 10.9 Å². The van der Waals surface area contributed by atoms with Gasteiger partial charge in [-0.05, 0) is 48.7 Å². The number of aryl methyl sites for hydroxylation is 1. The second kappa shape index (κ2) is 4.46. The van der Waals surface area contributed by atoms with Gasteiger partial charge >= 0.3 is 0 Å². The lowest BCUT2D eigenvalue weighted by molar-refractivity contribution is -0.116. The highest BCUT2D eigenvalue weighted by atomic mass is 16.2. The van der Waals surface area contributed by atoms with Crippen molar-refractivity contribution in [1.29, 1.82) is 0 Å². The number of nitrogens with one attached hydrogen (secondary N) is 2. The van der Waals surface area contributed by atoms with E-state index in [1.165, 1.54) is 16.3 Å². The molecule has 0 bridgehead atoms. The number of hydrogen-bond acceptors (Lipinski definition) is 2. The van der Waals surface area contributed by atoms with Gasteiger partial charge in [0.25, 0.3) is 5.91 Å². The summed E-state index contributed by atoms with van der Waals surface area (Å²) in [5.41, 5.74) is 8.40. The molecule has 0 spiro atoms. The molecule has 1 heterocycles. The third kappa shape index (κ3) is 2.00. The van der Waals surface area contributed by atoms with Crippen LogP contribution in [0.3, 0.4) is 0 Å². The Kier molecular flexibility index (Phi) is 2.87. The predicted octanol–water partition coefficient (Wildman–Crippen LogP) is 2.94. The maximum atomic E-state index is 12.0. The Morgan fingerprint density at radius 3 is 2.55 bits per heavy atom. The molecule has 1 saturated heterocycles. The minimum absolute atomic E-state index is 0.0534. The van der Waals surface area contributed by atoms with Gasteiger partial charge in [-0.2, -0.15) is 0 Å². The Labute approximate surface area is 118 Å². The maximum absolute atomic E-state index is 12.0.